The van der Waals surface area contributed by atoms with Crippen molar-refractivity contribution in [3.63, 3.8) is 0 Å². The quantitative estimate of drug-likeness (QED) is 0.284. The minimum atomic E-state index is -3.19. The largest absolute Gasteiger partial charge is 0.335 e. The molecule has 3 rings (SSSR count). The summed E-state index contributed by atoms with van der Waals surface area (Å²) in [6.07, 6.45) is 0.483. The van der Waals surface area contributed by atoms with Gasteiger partial charge in [0.25, 0.3) is 0 Å². The highest BCUT2D eigenvalue weighted by molar-refractivity contribution is 7.53. The molecule has 1 aliphatic carbocycles. The van der Waals surface area contributed by atoms with Gasteiger partial charge in [-0.2, -0.15) is 0 Å². The molecule has 182 valence electrons. The van der Waals surface area contributed by atoms with Gasteiger partial charge in [-0.15, -0.1) is 0 Å². The standard InChI is InChI=1S/C25H36O6P2/c1-7-28-32(26,29-8-2)17-19-11-13-21-22-14-12-20(18-33(27,30-9-3)31-10-4)16-24(22)25(5,6)23(21)15-19/h11-16H,7-10,17-18H2,1-6H3. The molecule has 1 aliphatic rings. The highest BCUT2D eigenvalue weighted by Crippen LogP contribution is 2.55. The van der Waals surface area contributed by atoms with Crippen molar-refractivity contribution >= 4 is 15.2 Å². The van der Waals surface area contributed by atoms with Crippen molar-refractivity contribution < 1.29 is 27.2 Å². The van der Waals surface area contributed by atoms with Crippen LogP contribution in [0.4, 0.5) is 0 Å². The zero-order valence-electron chi connectivity index (χ0n) is 20.6. The average molecular weight is 495 g/mol. The Morgan fingerprint density at radius 2 is 0.970 bits per heavy atom. The third-order valence-corrected chi connectivity index (χ3v) is 9.97. The van der Waals surface area contributed by atoms with E-state index in [1.807, 2.05) is 39.8 Å². The molecule has 0 aliphatic heterocycles. The molecular weight excluding hydrogens is 458 g/mol. The van der Waals surface area contributed by atoms with Crippen LogP contribution in [-0.2, 0) is 45.0 Å². The van der Waals surface area contributed by atoms with E-state index in [0.29, 0.717) is 26.4 Å². The predicted molar refractivity (Wildman–Crippen MR) is 133 cm³/mol. The van der Waals surface area contributed by atoms with E-state index in [1.54, 1.807) is 0 Å². The lowest BCUT2D eigenvalue weighted by molar-refractivity contribution is 0.218. The van der Waals surface area contributed by atoms with Crippen LogP contribution in [0.1, 0.15) is 63.8 Å². The fraction of sp³-hybridized carbons (Fsp3) is 0.520. The van der Waals surface area contributed by atoms with Crippen molar-refractivity contribution in [1.29, 1.82) is 0 Å². The number of fused-ring (bicyclic) bond motifs is 3. The van der Waals surface area contributed by atoms with E-state index in [1.165, 1.54) is 11.1 Å². The van der Waals surface area contributed by atoms with Gasteiger partial charge in [-0.1, -0.05) is 50.2 Å². The minimum absolute atomic E-state index is 0.242. The molecule has 0 amide bonds. The van der Waals surface area contributed by atoms with Crippen LogP contribution >= 0.6 is 15.2 Å². The molecule has 0 radical (unpaired) electrons. The topological polar surface area (TPSA) is 71.1 Å². The van der Waals surface area contributed by atoms with Crippen LogP contribution in [0.5, 0.6) is 0 Å². The Morgan fingerprint density at radius 3 is 1.27 bits per heavy atom. The van der Waals surface area contributed by atoms with E-state index in [2.05, 4.69) is 38.1 Å². The molecule has 6 nitrogen and oxygen atoms in total. The number of hydrogen-bond acceptors (Lipinski definition) is 6. The predicted octanol–water partition coefficient (Wildman–Crippen LogP) is 7.53. The van der Waals surface area contributed by atoms with Crippen LogP contribution in [0.15, 0.2) is 36.4 Å². The van der Waals surface area contributed by atoms with Gasteiger partial charge in [-0.3, -0.25) is 9.13 Å². The van der Waals surface area contributed by atoms with E-state index in [4.69, 9.17) is 18.1 Å². The molecule has 0 saturated heterocycles. The van der Waals surface area contributed by atoms with Crippen molar-refractivity contribution in [2.24, 2.45) is 0 Å². The van der Waals surface area contributed by atoms with Crippen LogP contribution in [0.25, 0.3) is 11.1 Å². The molecule has 0 spiro atoms. The van der Waals surface area contributed by atoms with Gasteiger partial charge < -0.3 is 18.1 Å². The lowest BCUT2D eigenvalue weighted by Crippen LogP contribution is -2.15. The smallest absolute Gasteiger partial charge is 0.309 e. The first kappa shape index (κ1) is 26.3. The first-order valence-corrected chi connectivity index (χ1v) is 15.1. The zero-order chi connectivity index (χ0) is 24.3. The molecule has 2 aromatic rings. The summed E-state index contributed by atoms with van der Waals surface area (Å²) in [6.45, 7) is 13.0. The molecule has 0 saturated carbocycles. The molecule has 8 heteroatoms. The molecule has 0 atom stereocenters. The summed E-state index contributed by atoms with van der Waals surface area (Å²) in [5.74, 6) is 0. The monoisotopic (exact) mass is 494 g/mol. The first-order valence-electron chi connectivity index (χ1n) is 11.6. The van der Waals surface area contributed by atoms with Gasteiger partial charge in [0, 0.05) is 5.41 Å². The van der Waals surface area contributed by atoms with Crippen molar-refractivity contribution in [2.75, 3.05) is 26.4 Å². The van der Waals surface area contributed by atoms with Gasteiger partial charge in [-0.05, 0) is 61.1 Å². The summed E-state index contributed by atoms with van der Waals surface area (Å²) in [5.41, 5.74) is 6.25. The van der Waals surface area contributed by atoms with E-state index < -0.39 is 15.2 Å². The molecule has 0 unspecified atom stereocenters. The first-order chi connectivity index (χ1) is 15.6. The van der Waals surface area contributed by atoms with E-state index >= 15 is 0 Å². The maximum Gasteiger partial charge on any atom is 0.335 e. The Hall–Kier alpha value is -1.26. The third kappa shape index (κ3) is 5.70. The Labute approximate surface area is 198 Å². The summed E-state index contributed by atoms with van der Waals surface area (Å²) in [5, 5.41) is 0. The Kier molecular flexibility index (Phi) is 8.43. The van der Waals surface area contributed by atoms with Crippen molar-refractivity contribution in [3.8, 4) is 11.1 Å². The van der Waals surface area contributed by atoms with Gasteiger partial charge in [0.05, 0.1) is 38.8 Å². The van der Waals surface area contributed by atoms with E-state index in [9.17, 15) is 9.13 Å². The SMILES string of the molecule is CCOP(=O)(Cc1ccc2c(c1)C(C)(C)c1cc(CP(=O)(OCC)OCC)ccc1-2)OCC. The molecule has 0 aromatic heterocycles. The van der Waals surface area contributed by atoms with Gasteiger partial charge in [0.1, 0.15) is 0 Å². The molecular formula is C25H36O6P2. The minimum Gasteiger partial charge on any atom is -0.309 e. The zero-order valence-corrected chi connectivity index (χ0v) is 22.3. The van der Waals surface area contributed by atoms with Gasteiger partial charge in [0.2, 0.25) is 0 Å². The highest BCUT2D eigenvalue weighted by atomic mass is 31.2. The van der Waals surface area contributed by atoms with Crippen LogP contribution in [-0.4, -0.2) is 26.4 Å². The summed E-state index contributed by atoms with van der Waals surface area (Å²) >= 11 is 0. The fourth-order valence-corrected chi connectivity index (χ4v) is 7.90. The van der Waals surface area contributed by atoms with E-state index in [0.717, 1.165) is 22.3 Å². The molecule has 0 heterocycles. The Balaban J connectivity index is 1.94. The normalized spacial score (nSPS) is 14.8. The second-order valence-electron chi connectivity index (χ2n) is 8.59. The summed E-state index contributed by atoms with van der Waals surface area (Å²) < 4.78 is 48.1. The molecule has 0 fully saturated rings. The Bertz CT molecular complexity index is 975. The molecule has 0 bridgehead atoms. The maximum absolute atomic E-state index is 13.1. The number of hydrogen-bond donors (Lipinski definition) is 0. The van der Waals surface area contributed by atoms with Crippen LogP contribution in [0, 0.1) is 0 Å². The molecule has 33 heavy (non-hydrogen) atoms. The lowest BCUT2D eigenvalue weighted by atomic mass is 9.81. The Morgan fingerprint density at radius 1 is 0.636 bits per heavy atom. The third-order valence-electron chi connectivity index (χ3n) is 5.86. The maximum atomic E-state index is 13.1. The van der Waals surface area contributed by atoms with Gasteiger partial charge >= 0.3 is 15.2 Å². The van der Waals surface area contributed by atoms with Gasteiger partial charge in [0.15, 0.2) is 0 Å². The van der Waals surface area contributed by atoms with Gasteiger partial charge in [-0.25, -0.2) is 0 Å². The van der Waals surface area contributed by atoms with Crippen molar-refractivity contribution in [1.82, 2.24) is 0 Å². The summed E-state index contributed by atoms with van der Waals surface area (Å²) in [4.78, 5) is 0. The van der Waals surface area contributed by atoms with Crippen molar-refractivity contribution in [3.05, 3.63) is 58.7 Å². The summed E-state index contributed by atoms with van der Waals surface area (Å²) in [7, 11) is -6.37. The average Bonchev–Trinajstić information content (AvgIpc) is 2.95. The molecule has 0 N–H and O–H groups in total. The fourth-order valence-electron chi connectivity index (χ4n) is 4.52. The lowest BCUT2D eigenvalue weighted by Gasteiger charge is -2.24. The number of benzene rings is 2. The highest BCUT2D eigenvalue weighted by Gasteiger charge is 2.37. The number of rotatable bonds is 12. The van der Waals surface area contributed by atoms with Crippen LogP contribution in [0.3, 0.4) is 0 Å². The van der Waals surface area contributed by atoms with Crippen LogP contribution < -0.4 is 0 Å². The molecule has 2 aromatic carbocycles. The second kappa shape index (κ2) is 10.6. The van der Waals surface area contributed by atoms with E-state index in [-0.39, 0.29) is 17.7 Å². The van der Waals surface area contributed by atoms with Crippen LogP contribution in [0.2, 0.25) is 0 Å². The second-order valence-corrected chi connectivity index (χ2v) is 12.7. The van der Waals surface area contributed by atoms with Crippen molar-refractivity contribution in [2.45, 2.75) is 59.3 Å². The summed E-state index contributed by atoms with van der Waals surface area (Å²) in [6, 6.07) is 12.4.